The third kappa shape index (κ3) is 5.00. The Morgan fingerprint density at radius 1 is 1.10 bits per heavy atom. The van der Waals surface area contributed by atoms with E-state index in [1.165, 1.54) is 30.3 Å². The lowest BCUT2D eigenvalue weighted by Gasteiger charge is -2.29. The summed E-state index contributed by atoms with van der Waals surface area (Å²) in [5, 5.41) is 0. The Hall–Kier alpha value is -2.31. The largest absolute Gasteiger partial charge is 0.486 e. The quantitative estimate of drug-likeness (QED) is 0.532. The van der Waals surface area contributed by atoms with Crippen molar-refractivity contribution in [2.75, 3.05) is 26.4 Å². The zero-order valence-corrected chi connectivity index (χ0v) is 16.4. The van der Waals surface area contributed by atoms with E-state index in [9.17, 15) is 13.2 Å². The van der Waals surface area contributed by atoms with Crippen LogP contribution in [0.2, 0.25) is 0 Å². The average Bonchev–Trinajstić information content (AvgIpc) is 2.74. The van der Waals surface area contributed by atoms with Gasteiger partial charge in [-0.05, 0) is 43.5 Å². The van der Waals surface area contributed by atoms with Crippen LogP contribution in [0, 0.1) is 17.5 Å². The van der Waals surface area contributed by atoms with Crippen LogP contribution < -0.4 is 4.74 Å². The van der Waals surface area contributed by atoms with E-state index in [4.69, 9.17) is 14.2 Å². The molecule has 0 aromatic heterocycles. The molecule has 29 heavy (non-hydrogen) atoms. The summed E-state index contributed by atoms with van der Waals surface area (Å²) in [6.07, 6.45) is 3.18. The Bertz CT molecular complexity index is 846. The van der Waals surface area contributed by atoms with Crippen LogP contribution in [0.15, 0.2) is 43.0 Å². The Balaban J connectivity index is 1.75. The van der Waals surface area contributed by atoms with E-state index < -0.39 is 17.5 Å². The highest BCUT2D eigenvalue weighted by Gasteiger charge is 2.24. The van der Waals surface area contributed by atoms with Gasteiger partial charge in [-0.25, -0.2) is 8.78 Å². The highest BCUT2D eigenvalue weighted by atomic mass is 19.2. The molecule has 0 N–H and O–H groups in total. The Kier molecular flexibility index (Phi) is 7.34. The zero-order chi connectivity index (χ0) is 20.8. The first-order valence-corrected chi connectivity index (χ1v) is 9.76. The molecule has 3 rings (SSSR count). The van der Waals surface area contributed by atoms with Crippen molar-refractivity contribution in [3.8, 4) is 16.9 Å². The van der Waals surface area contributed by atoms with Crippen molar-refractivity contribution in [1.29, 1.82) is 0 Å². The fourth-order valence-electron chi connectivity index (χ4n) is 3.45. The van der Waals surface area contributed by atoms with Crippen LogP contribution in [0.1, 0.15) is 31.2 Å². The van der Waals surface area contributed by atoms with Gasteiger partial charge in [0.15, 0.2) is 11.6 Å². The van der Waals surface area contributed by atoms with Gasteiger partial charge in [-0.1, -0.05) is 24.8 Å². The number of hydrogen-bond donors (Lipinski definition) is 0. The first-order chi connectivity index (χ1) is 14.0. The smallest absolute Gasteiger partial charge is 0.201 e. The summed E-state index contributed by atoms with van der Waals surface area (Å²) in [5.74, 6) is -3.05. The molecule has 6 heteroatoms. The standard InChI is InChI=1S/C23H25F3O3/c1-3-11-28-21-10-9-19(22(25)23(21)26)18-8-6-15(12-20(18)24)16-5-7-17(29-13-16)14-27-4-2/h3,6,8-10,12,16-17H,1,4-5,7,11,13-14H2,2H3. The van der Waals surface area contributed by atoms with Gasteiger partial charge in [0.1, 0.15) is 12.4 Å². The maximum absolute atomic E-state index is 14.8. The predicted molar refractivity (Wildman–Crippen MR) is 106 cm³/mol. The lowest BCUT2D eigenvalue weighted by Crippen LogP contribution is -2.28. The number of benzene rings is 2. The molecule has 0 spiro atoms. The second-order valence-corrected chi connectivity index (χ2v) is 6.97. The maximum atomic E-state index is 14.8. The van der Waals surface area contributed by atoms with Crippen molar-refractivity contribution in [3.63, 3.8) is 0 Å². The summed E-state index contributed by atoms with van der Waals surface area (Å²) >= 11 is 0. The fourth-order valence-corrected chi connectivity index (χ4v) is 3.45. The maximum Gasteiger partial charge on any atom is 0.201 e. The van der Waals surface area contributed by atoms with Crippen molar-refractivity contribution in [2.45, 2.75) is 31.8 Å². The molecule has 0 radical (unpaired) electrons. The topological polar surface area (TPSA) is 27.7 Å². The third-order valence-electron chi connectivity index (χ3n) is 5.04. The molecule has 2 unspecified atom stereocenters. The second kappa shape index (κ2) is 9.94. The van der Waals surface area contributed by atoms with Crippen molar-refractivity contribution in [2.24, 2.45) is 0 Å². The minimum Gasteiger partial charge on any atom is -0.486 e. The molecule has 0 bridgehead atoms. The van der Waals surface area contributed by atoms with E-state index in [1.54, 1.807) is 6.07 Å². The summed E-state index contributed by atoms with van der Waals surface area (Å²) in [6.45, 7) is 7.14. The van der Waals surface area contributed by atoms with Crippen molar-refractivity contribution in [1.82, 2.24) is 0 Å². The minimum atomic E-state index is -1.14. The third-order valence-corrected chi connectivity index (χ3v) is 5.04. The molecule has 156 valence electrons. The first-order valence-electron chi connectivity index (χ1n) is 9.76. The highest BCUT2D eigenvalue weighted by molar-refractivity contribution is 5.66. The molecule has 1 aliphatic rings. The lowest BCUT2D eigenvalue weighted by molar-refractivity contribution is -0.0460. The monoisotopic (exact) mass is 406 g/mol. The molecular formula is C23H25F3O3. The van der Waals surface area contributed by atoms with Crippen LogP contribution in [0.5, 0.6) is 5.75 Å². The van der Waals surface area contributed by atoms with Crippen molar-refractivity contribution < 1.29 is 27.4 Å². The van der Waals surface area contributed by atoms with Crippen LogP contribution in [0.25, 0.3) is 11.1 Å². The Morgan fingerprint density at radius 3 is 2.55 bits per heavy atom. The summed E-state index contributed by atoms with van der Waals surface area (Å²) in [4.78, 5) is 0. The van der Waals surface area contributed by atoms with E-state index in [1.807, 2.05) is 6.92 Å². The number of ether oxygens (including phenoxy) is 3. The molecule has 0 amide bonds. The first kappa shape index (κ1) is 21.4. The van der Waals surface area contributed by atoms with E-state index in [0.717, 1.165) is 18.4 Å². The van der Waals surface area contributed by atoms with Gasteiger partial charge in [0.2, 0.25) is 5.82 Å². The second-order valence-electron chi connectivity index (χ2n) is 6.97. The van der Waals surface area contributed by atoms with E-state index in [2.05, 4.69) is 6.58 Å². The molecule has 3 nitrogen and oxygen atoms in total. The van der Waals surface area contributed by atoms with Crippen LogP contribution in [-0.2, 0) is 9.47 Å². The molecule has 1 heterocycles. The van der Waals surface area contributed by atoms with E-state index >= 15 is 0 Å². The van der Waals surface area contributed by atoms with Crippen LogP contribution in [0.3, 0.4) is 0 Å². The summed E-state index contributed by atoms with van der Waals surface area (Å²) < 4.78 is 59.7. The average molecular weight is 406 g/mol. The van der Waals surface area contributed by atoms with Gasteiger partial charge in [-0.2, -0.15) is 4.39 Å². The van der Waals surface area contributed by atoms with E-state index in [0.29, 0.717) is 19.8 Å². The molecular weight excluding hydrogens is 381 g/mol. The van der Waals surface area contributed by atoms with Gasteiger partial charge in [0.05, 0.1) is 19.3 Å². The molecule has 2 aromatic rings. The predicted octanol–water partition coefficient (Wildman–Crippen LogP) is 5.63. The fraction of sp³-hybridized carbons (Fsp3) is 0.391. The number of rotatable bonds is 8. The van der Waals surface area contributed by atoms with Crippen LogP contribution in [0.4, 0.5) is 13.2 Å². The lowest BCUT2D eigenvalue weighted by atomic mass is 9.90. The van der Waals surface area contributed by atoms with Gasteiger partial charge in [0.25, 0.3) is 0 Å². The SMILES string of the molecule is C=CCOc1ccc(-c2ccc(C3CCC(COCC)OC3)cc2F)c(F)c1F. The van der Waals surface area contributed by atoms with Crippen molar-refractivity contribution >= 4 is 0 Å². The molecule has 1 saturated heterocycles. The summed E-state index contributed by atoms with van der Waals surface area (Å²) in [5.41, 5.74) is 0.647. The summed E-state index contributed by atoms with van der Waals surface area (Å²) in [6, 6.07) is 7.22. The highest BCUT2D eigenvalue weighted by Crippen LogP contribution is 2.34. The van der Waals surface area contributed by atoms with Crippen LogP contribution >= 0.6 is 0 Å². The van der Waals surface area contributed by atoms with Gasteiger partial charge >= 0.3 is 0 Å². The normalized spacial score (nSPS) is 19.2. The Labute approximate surface area is 169 Å². The number of hydrogen-bond acceptors (Lipinski definition) is 3. The van der Waals surface area contributed by atoms with Crippen molar-refractivity contribution in [3.05, 3.63) is 66.0 Å². The van der Waals surface area contributed by atoms with Gasteiger partial charge in [-0.3, -0.25) is 0 Å². The molecule has 2 atom stereocenters. The van der Waals surface area contributed by atoms with Crippen LogP contribution in [-0.4, -0.2) is 32.5 Å². The Morgan fingerprint density at radius 2 is 1.90 bits per heavy atom. The molecule has 1 fully saturated rings. The minimum absolute atomic E-state index is 0.00590. The number of halogens is 3. The summed E-state index contributed by atoms with van der Waals surface area (Å²) in [7, 11) is 0. The molecule has 0 aliphatic carbocycles. The zero-order valence-electron chi connectivity index (χ0n) is 16.4. The van der Waals surface area contributed by atoms with Gasteiger partial charge in [0, 0.05) is 23.7 Å². The van der Waals surface area contributed by atoms with Gasteiger partial charge < -0.3 is 14.2 Å². The van der Waals surface area contributed by atoms with E-state index in [-0.39, 0.29) is 35.5 Å². The molecule has 2 aromatic carbocycles. The van der Waals surface area contributed by atoms with Gasteiger partial charge in [-0.15, -0.1) is 0 Å². The molecule has 1 aliphatic heterocycles. The molecule has 0 saturated carbocycles.